The summed E-state index contributed by atoms with van der Waals surface area (Å²) >= 11 is 0. The van der Waals surface area contributed by atoms with Gasteiger partial charge in [0.25, 0.3) is 0 Å². The number of hydrogen-bond donors (Lipinski definition) is 0. The summed E-state index contributed by atoms with van der Waals surface area (Å²) in [4.78, 5) is 16.5. The predicted molar refractivity (Wildman–Crippen MR) is 112 cm³/mol. The summed E-state index contributed by atoms with van der Waals surface area (Å²) in [5, 5.41) is 0. The van der Waals surface area contributed by atoms with Gasteiger partial charge >= 0.3 is 6.09 Å². The third-order valence-corrected chi connectivity index (χ3v) is 6.73. The lowest BCUT2D eigenvalue weighted by molar-refractivity contribution is 0.00438. The van der Waals surface area contributed by atoms with E-state index in [0.717, 1.165) is 12.0 Å². The van der Waals surface area contributed by atoms with Gasteiger partial charge in [-0.05, 0) is 38.3 Å². The van der Waals surface area contributed by atoms with Gasteiger partial charge in [0.1, 0.15) is 5.60 Å². The minimum absolute atomic E-state index is 0.0424. The second-order valence-electron chi connectivity index (χ2n) is 8.31. The summed E-state index contributed by atoms with van der Waals surface area (Å²) in [7, 11) is -3.04. The molecule has 28 heavy (non-hydrogen) atoms. The number of piperazine rings is 1. The van der Waals surface area contributed by atoms with E-state index in [-0.39, 0.29) is 23.6 Å². The van der Waals surface area contributed by atoms with Gasteiger partial charge in [0, 0.05) is 31.9 Å². The highest BCUT2D eigenvalue weighted by atomic mass is 32.2. The van der Waals surface area contributed by atoms with E-state index in [1.165, 1.54) is 5.56 Å². The minimum Gasteiger partial charge on any atom is -0.444 e. The van der Waals surface area contributed by atoms with Crippen LogP contribution in [0.5, 0.6) is 0 Å². The van der Waals surface area contributed by atoms with Crippen LogP contribution < -0.4 is 0 Å². The molecular formula is C21H34N2O4S. The number of hydrogen-bond acceptors (Lipinski definition) is 5. The number of aryl methyl sites for hydroxylation is 1. The Morgan fingerprint density at radius 3 is 2.32 bits per heavy atom. The first kappa shape index (κ1) is 22.7. The highest BCUT2D eigenvalue weighted by Gasteiger charge is 2.33. The fraction of sp³-hybridized carbons (Fsp3) is 0.667. The molecule has 6 nitrogen and oxygen atoms in total. The van der Waals surface area contributed by atoms with Crippen molar-refractivity contribution in [1.82, 2.24) is 9.80 Å². The smallest absolute Gasteiger partial charge is 0.410 e. The monoisotopic (exact) mass is 410 g/mol. The Kier molecular flexibility index (Phi) is 7.51. The molecule has 0 N–H and O–H groups in total. The zero-order chi connectivity index (χ0) is 20.9. The Labute approximate surface area is 169 Å². The van der Waals surface area contributed by atoms with Crippen molar-refractivity contribution in [3.63, 3.8) is 0 Å². The fourth-order valence-corrected chi connectivity index (χ4v) is 4.07. The van der Waals surface area contributed by atoms with Crippen molar-refractivity contribution < 1.29 is 17.9 Å². The number of sulfone groups is 1. The lowest BCUT2D eigenvalue weighted by atomic mass is 10.0. The van der Waals surface area contributed by atoms with Crippen LogP contribution in [0.4, 0.5) is 4.79 Å². The number of carbonyl (C=O) groups excluding carboxylic acids is 1. The highest BCUT2D eigenvalue weighted by molar-refractivity contribution is 7.91. The van der Waals surface area contributed by atoms with Crippen LogP contribution in [0.25, 0.3) is 0 Å². The maximum atomic E-state index is 12.6. The molecule has 0 unspecified atom stereocenters. The summed E-state index contributed by atoms with van der Waals surface area (Å²) in [5.74, 6) is 0.292. The van der Waals surface area contributed by atoms with Crippen LogP contribution in [0.2, 0.25) is 0 Å². The van der Waals surface area contributed by atoms with E-state index in [9.17, 15) is 13.2 Å². The molecule has 0 bridgehead atoms. The molecule has 1 aromatic carbocycles. The molecule has 1 aliphatic heterocycles. The molecule has 1 heterocycles. The van der Waals surface area contributed by atoms with Crippen LogP contribution in [-0.2, 0) is 21.0 Å². The normalized spacial score (nSPS) is 18.9. The Bertz CT molecular complexity index is 754. The van der Waals surface area contributed by atoms with E-state index in [1.54, 1.807) is 11.8 Å². The fourth-order valence-electron chi connectivity index (χ4n) is 3.27. The SMILES string of the molecule is CCc1ccc([C@H]2CN(C(=O)OC(C)(C)C)CCN2CCS(=O)(=O)CC)cc1. The number of carbonyl (C=O) groups is 1. The molecule has 158 valence electrons. The van der Waals surface area contributed by atoms with Gasteiger partial charge in [0.15, 0.2) is 9.84 Å². The summed E-state index contributed by atoms with van der Waals surface area (Å²) in [6.45, 7) is 11.5. The first-order chi connectivity index (χ1) is 13.0. The average Bonchev–Trinajstić information content (AvgIpc) is 2.65. The Morgan fingerprint density at radius 1 is 1.14 bits per heavy atom. The van der Waals surface area contributed by atoms with Gasteiger partial charge < -0.3 is 9.64 Å². The van der Waals surface area contributed by atoms with E-state index >= 15 is 0 Å². The van der Waals surface area contributed by atoms with Gasteiger partial charge in [-0.3, -0.25) is 4.90 Å². The van der Waals surface area contributed by atoms with Crippen LogP contribution in [0.15, 0.2) is 24.3 Å². The molecule has 1 aromatic rings. The second kappa shape index (κ2) is 9.27. The number of rotatable bonds is 6. The minimum atomic E-state index is -3.04. The van der Waals surface area contributed by atoms with E-state index in [2.05, 4.69) is 36.1 Å². The van der Waals surface area contributed by atoms with Crippen molar-refractivity contribution in [3.8, 4) is 0 Å². The molecular weight excluding hydrogens is 376 g/mol. The van der Waals surface area contributed by atoms with Crippen LogP contribution in [-0.4, -0.2) is 67.6 Å². The van der Waals surface area contributed by atoms with Crippen LogP contribution in [0.3, 0.4) is 0 Å². The van der Waals surface area contributed by atoms with E-state index < -0.39 is 15.4 Å². The van der Waals surface area contributed by atoms with Crippen LogP contribution in [0.1, 0.15) is 51.8 Å². The zero-order valence-corrected chi connectivity index (χ0v) is 18.6. The maximum Gasteiger partial charge on any atom is 0.410 e. The van der Waals surface area contributed by atoms with Gasteiger partial charge in [-0.1, -0.05) is 38.1 Å². The third kappa shape index (κ3) is 6.48. The summed E-state index contributed by atoms with van der Waals surface area (Å²) < 4.78 is 29.5. The molecule has 1 aliphatic rings. The molecule has 0 saturated carbocycles. The van der Waals surface area contributed by atoms with Gasteiger partial charge in [-0.15, -0.1) is 0 Å². The quantitative estimate of drug-likeness (QED) is 0.720. The summed E-state index contributed by atoms with van der Waals surface area (Å²) in [5.41, 5.74) is 1.81. The molecule has 2 rings (SSSR count). The van der Waals surface area contributed by atoms with Gasteiger partial charge in [-0.2, -0.15) is 0 Å². The van der Waals surface area contributed by atoms with Crippen molar-refractivity contribution in [2.75, 3.05) is 37.7 Å². The molecule has 0 aromatic heterocycles. The van der Waals surface area contributed by atoms with Crippen LogP contribution in [0, 0.1) is 0 Å². The molecule has 0 aliphatic carbocycles. The van der Waals surface area contributed by atoms with Gasteiger partial charge in [-0.25, -0.2) is 13.2 Å². The predicted octanol–water partition coefficient (Wildman–Crippen LogP) is 3.28. The number of amides is 1. The first-order valence-corrected chi connectivity index (χ1v) is 11.9. The molecule has 1 fully saturated rings. The standard InChI is InChI=1S/C21H34N2O4S/c1-6-17-8-10-18(11-9-17)19-16-23(20(24)27-21(3,4)5)13-12-22(19)14-15-28(25,26)7-2/h8-11,19H,6-7,12-16H2,1-5H3/t19-/m1/s1. The second-order valence-corrected chi connectivity index (χ2v) is 10.8. The Hall–Kier alpha value is -1.60. The van der Waals surface area contributed by atoms with E-state index in [0.29, 0.717) is 26.2 Å². The maximum absolute atomic E-state index is 12.6. The third-order valence-electron chi connectivity index (χ3n) is 5.04. The Morgan fingerprint density at radius 2 is 1.79 bits per heavy atom. The van der Waals surface area contributed by atoms with Crippen molar-refractivity contribution in [3.05, 3.63) is 35.4 Å². The number of ether oxygens (including phenoxy) is 1. The number of benzene rings is 1. The van der Waals surface area contributed by atoms with E-state index in [1.807, 2.05) is 20.8 Å². The van der Waals surface area contributed by atoms with Crippen LogP contribution >= 0.6 is 0 Å². The largest absolute Gasteiger partial charge is 0.444 e. The van der Waals surface area contributed by atoms with Crippen molar-refractivity contribution >= 4 is 15.9 Å². The van der Waals surface area contributed by atoms with Gasteiger partial charge in [0.05, 0.1) is 11.8 Å². The summed E-state index contributed by atoms with van der Waals surface area (Å²) in [6, 6.07) is 8.33. The molecule has 1 atom stereocenters. The molecule has 0 spiro atoms. The van der Waals surface area contributed by atoms with Crippen molar-refractivity contribution in [2.24, 2.45) is 0 Å². The Balaban J connectivity index is 2.19. The van der Waals surface area contributed by atoms with Gasteiger partial charge in [0.2, 0.25) is 0 Å². The average molecular weight is 411 g/mol. The lowest BCUT2D eigenvalue weighted by Gasteiger charge is -2.42. The van der Waals surface area contributed by atoms with E-state index in [4.69, 9.17) is 4.74 Å². The first-order valence-electron chi connectivity index (χ1n) is 10.1. The lowest BCUT2D eigenvalue weighted by Crippen LogP contribution is -2.52. The highest BCUT2D eigenvalue weighted by Crippen LogP contribution is 2.27. The summed E-state index contributed by atoms with van der Waals surface area (Å²) in [6.07, 6.45) is 0.650. The molecule has 0 radical (unpaired) electrons. The van der Waals surface area contributed by atoms with Crippen molar-refractivity contribution in [2.45, 2.75) is 52.7 Å². The molecule has 1 saturated heterocycles. The topological polar surface area (TPSA) is 66.9 Å². The molecule has 7 heteroatoms. The molecule has 1 amide bonds. The van der Waals surface area contributed by atoms with Crippen molar-refractivity contribution in [1.29, 1.82) is 0 Å². The zero-order valence-electron chi connectivity index (χ0n) is 17.8. The number of nitrogens with zero attached hydrogens (tertiary/aromatic N) is 2.